The zero-order valence-electron chi connectivity index (χ0n) is 12.0. The minimum Gasteiger partial charge on any atom is -0.468 e. The van der Waals surface area contributed by atoms with Crippen LogP contribution in [-0.2, 0) is 14.3 Å². The summed E-state index contributed by atoms with van der Waals surface area (Å²) < 4.78 is 5.89. The van der Waals surface area contributed by atoms with Gasteiger partial charge in [0.25, 0.3) is 0 Å². The first kappa shape index (κ1) is 16.2. The highest BCUT2D eigenvalue weighted by Gasteiger charge is 2.30. The van der Waals surface area contributed by atoms with Crippen LogP contribution >= 0.6 is 22.6 Å². The molecule has 6 heteroatoms. The molecule has 0 radical (unpaired) electrons. The predicted octanol–water partition coefficient (Wildman–Crippen LogP) is 2.26. The molecule has 1 aromatic rings. The highest BCUT2D eigenvalue weighted by atomic mass is 127. The molecule has 0 aliphatic carbocycles. The number of benzene rings is 1. The number of carbonyl (C=O) groups excluding carboxylic acids is 2. The van der Waals surface area contributed by atoms with Crippen molar-refractivity contribution in [2.45, 2.75) is 25.3 Å². The van der Waals surface area contributed by atoms with E-state index in [1.54, 1.807) is 0 Å². The summed E-state index contributed by atoms with van der Waals surface area (Å²) in [4.78, 5) is 25.8. The summed E-state index contributed by atoms with van der Waals surface area (Å²) >= 11 is 2.20. The minimum atomic E-state index is -0.301. The Kier molecular flexibility index (Phi) is 5.98. The molecule has 114 valence electrons. The van der Waals surface area contributed by atoms with E-state index < -0.39 is 0 Å². The van der Waals surface area contributed by atoms with Crippen LogP contribution in [0.25, 0.3) is 0 Å². The minimum absolute atomic E-state index is 0.104. The van der Waals surface area contributed by atoms with Gasteiger partial charge in [-0.25, -0.2) is 0 Å². The molecule has 0 bridgehead atoms. The lowest BCUT2D eigenvalue weighted by Crippen LogP contribution is -2.48. The van der Waals surface area contributed by atoms with Crippen molar-refractivity contribution < 1.29 is 14.3 Å². The summed E-state index contributed by atoms with van der Waals surface area (Å²) in [7, 11) is 1.39. The van der Waals surface area contributed by atoms with E-state index in [4.69, 9.17) is 4.74 Å². The Morgan fingerprint density at radius 1 is 1.43 bits per heavy atom. The van der Waals surface area contributed by atoms with Crippen molar-refractivity contribution in [1.82, 2.24) is 4.90 Å². The van der Waals surface area contributed by atoms with E-state index in [-0.39, 0.29) is 24.5 Å². The molecule has 1 fully saturated rings. The number of carbonyl (C=O) groups is 2. The Bertz CT molecular complexity index is 521. The Morgan fingerprint density at radius 2 is 2.24 bits per heavy atom. The number of hydrogen-bond acceptors (Lipinski definition) is 4. The largest absolute Gasteiger partial charge is 0.468 e. The van der Waals surface area contributed by atoms with Gasteiger partial charge < -0.3 is 10.1 Å². The van der Waals surface area contributed by atoms with Gasteiger partial charge in [0.05, 0.1) is 13.7 Å². The Balaban J connectivity index is 1.95. The molecular weight excluding hydrogens is 383 g/mol. The molecule has 1 atom stereocenters. The maximum atomic E-state index is 12.1. The van der Waals surface area contributed by atoms with Crippen LogP contribution < -0.4 is 5.32 Å². The number of hydrogen-bond donors (Lipinski definition) is 1. The first-order valence-corrected chi connectivity index (χ1v) is 8.05. The molecule has 1 heterocycles. The first-order valence-electron chi connectivity index (χ1n) is 6.97. The molecule has 2 rings (SSSR count). The number of nitrogens with zero attached hydrogens (tertiary/aromatic N) is 1. The predicted molar refractivity (Wildman–Crippen MR) is 89.0 cm³/mol. The lowest BCUT2D eigenvalue weighted by atomic mass is 10.0. The normalized spacial score (nSPS) is 19.0. The van der Waals surface area contributed by atoms with E-state index in [0.717, 1.165) is 35.1 Å². The molecule has 1 aliphatic heterocycles. The van der Waals surface area contributed by atoms with Crippen molar-refractivity contribution in [1.29, 1.82) is 0 Å². The lowest BCUT2D eigenvalue weighted by Gasteiger charge is -2.32. The number of nitrogens with one attached hydrogen (secondary N) is 1. The highest BCUT2D eigenvalue weighted by Crippen LogP contribution is 2.18. The van der Waals surface area contributed by atoms with Crippen molar-refractivity contribution >= 4 is 40.2 Å². The third-order valence-corrected chi connectivity index (χ3v) is 4.21. The Labute approximate surface area is 138 Å². The van der Waals surface area contributed by atoms with Gasteiger partial charge in [0.15, 0.2) is 0 Å². The van der Waals surface area contributed by atoms with Crippen molar-refractivity contribution in [3.05, 3.63) is 27.8 Å². The number of methoxy groups -OCH3 is 1. The van der Waals surface area contributed by atoms with E-state index in [1.807, 2.05) is 29.2 Å². The van der Waals surface area contributed by atoms with E-state index in [1.165, 1.54) is 7.11 Å². The van der Waals surface area contributed by atoms with Gasteiger partial charge in [0.2, 0.25) is 5.91 Å². The lowest BCUT2D eigenvalue weighted by molar-refractivity contribution is -0.148. The van der Waals surface area contributed by atoms with E-state index in [0.29, 0.717) is 0 Å². The van der Waals surface area contributed by atoms with Crippen LogP contribution in [0, 0.1) is 3.57 Å². The molecule has 0 saturated carbocycles. The maximum Gasteiger partial charge on any atom is 0.323 e. The summed E-state index contributed by atoms with van der Waals surface area (Å²) in [6.07, 6.45) is 2.75. The fraction of sp³-hybridized carbons (Fsp3) is 0.467. The van der Waals surface area contributed by atoms with Crippen LogP contribution in [-0.4, -0.2) is 43.0 Å². The molecule has 1 aliphatic rings. The van der Waals surface area contributed by atoms with E-state index in [2.05, 4.69) is 27.9 Å². The quantitative estimate of drug-likeness (QED) is 0.620. The van der Waals surface area contributed by atoms with Gasteiger partial charge >= 0.3 is 5.97 Å². The monoisotopic (exact) mass is 402 g/mol. The number of esters is 1. The topological polar surface area (TPSA) is 58.6 Å². The molecule has 1 amide bonds. The number of rotatable bonds is 4. The molecular formula is C15H19IN2O3. The zero-order valence-corrected chi connectivity index (χ0v) is 14.1. The second-order valence-electron chi connectivity index (χ2n) is 5.06. The maximum absolute atomic E-state index is 12.1. The third kappa shape index (κ3) is 4.67. The molecule has 5 nitrogen and oxygen atoms in total. The number of anilines is 1. The van der Waals surface area contributed by atoms with Crippen LogP contribution in [0.1, 0.15) is 19.3 Å². The van der Waals surface area contributed by atoms with Gasteiger partial charge in [-0.1, -0.05) is 12.5 Å². The van der Waals surface area contributed by atoms with Crippen LogP contribution in [0.5, 0.6) is 0 Å². The number of halogens is 1. The summed E-state index contributed by atoms with van der Waals surface area (Å²) in [6.45, 7) is 0.963. The smallest absolute Gasteiger partial charge is 0.323 e. The standard InChI is InChI=1S/C15H19IN2O3/c1-21-15(20)13-7-2-3-8-18(13)10-14(19)17-12-6-4-5-11(16)9-12/h4-6,9,13H,2-3,7-8,10H2,1H3,(H,17,19)/t13-/m1/s1. The molecule has 1 aromatic carbocycles. The molecule has 0 unspecified atom stereocenters. The van der Waals surface area contributed by atoms with Gasteiger partial charge in [0, 0.05) is 9.26 Å². The zero-order chi connectivity index (χ0) is 15.2. The third-order valence-electron chi connectivity index (χ3n) is 3.54. The molecule has 1 saturated heterocycles. The van der Waals surface area contributed by atoms with E-state index >= 15 is 0 Å². The SMILES string of the molecule is COC(=O)[C@H]1CCCCN1CC(=O)Nc1cccc(I)c1. The van der Waals surface area contributed by atoms with Gasteiger partial charge in [-0.2, -0.15) is 0 Å². The van der Waals surface area contributed by atoms with Gasteiger partial charge in [-0.05, 0) is 60.2 Å². The molecule has 0 aromatic heterocycles. The average Bonchev–Trinajstić information content (AvgIpc) is 2.47. The number of piperidine rings is 1. The Hall–Kier alpha value is -1.15. The fourth-order valence-electron chi connectivity index (χ4n) is 2.53. The fourth-order valence-corrected chi connectivity index (χ4v) is 3.08. The van der Waals surface area contributed by atoms with Crippen LogP contribution in [0.2, 0.25) is 0 Å². The summed E-state index contributed by atoms with van der Waals surface area (Å²) in [5.41, 5.74) is 0.776. The Morgan fingerprint density at radius 3 is 2.95 bits per heavy atom. The van der Waals surface area contributed by atoms with Crippen molar-refractivity contribution in [3.63, 3.8) is 0 Å². The van der Waals surface area contributed by atoms with Gasteiger partial charge in [-0.3, -0.25) is 14.5 Å². The second kappa shape index (κ2) is 7.74. The molecule has 0 spiro atoms. The number of likely N-dealkylation sites (tertiary alicyclic amines) is 1. The van der Waals surface area contributed by atoms with E-state index in [9.17, 15) is 9.59 Å². The molecule has 21 heavy (non-hydrogen) atoms. The second-order valence-corrected chi connectivity index (χ2v) is 6.31. The molecule has 1 N–H and O–H groups in total. The van der Waals surface area contributed by atoms with Gasteiger partial charge in [-0.15, -0.1) is 0 Å². The summed E-state index contributed by atoms with van der Waals surface area (Å²) in [5, 5.41) is 2.87. The van der Waals surface area contributed by atoms with Crippen LogP contribution in [0.4, 0.5) is 5.69 Å². The van der Waals surface area contributed by atoms with Crippen molar-refractivity contribution in [2.75, 3.05) is 25.5 Å². The van der Waals surface area contributed by atoms with Crippen molar-refractivity contribution in [2.24, 2.45) is 0 Å². The average molecular weight is 402 g/mol. The van der Waals surface area contributed by atoms with Crippen LogP contribution in [0.15, 0.2) is 24.3 Å². The number of ether oxygens (including phenoxy) is 1. The van der Waals surface area contributed by atoms with Crippen molar-refractivity contribution in [3.8, 4) is 0 Å². The first-order chi connectivity index (χ1) is 10.1. The summed E-state index contributed by atoms with van der Waals surface area (Å²) in [5.74, 6) is -0.357. The van der Waals surface area contributed by atoms with Crippen LogP contribution in [0.3, 0.4) is 0 Å². The van der Waals surface area contributed by atoms with Gasteiger partial charge in [0.1, 0.15) is 6.04 Å². The summed E-state index contributed by atoms with van der Waals surface area (Å²) in [6, 6.07) is 7.33. The highest BCUT2D eigenvalue weighted by molar-refractivity contribution is 14.1. The number of amides is 1.